The summed E-state index contributed by atoms with van der Waals surface area (Å²) in [6.45, 7) is 3.95. The van der Waals surface area contributed by atoms with Crippen LogP contribution in [0.15, 0.2) is 71.4 Å². The second-order valence-electron chi connectivity index (χ2n) is 7.15. The molecule has 1 atom stereocenters. The molecule has 1 N–H and O–H groups in total. The van der Waals surface area contributed by atoms with Gasteiger partial charge in [0.05, 0.1) is 17.7 Å². The van der Waals surface area contributed by atoms with Gasteiger partial charge in [0, 0.05) is 23.7 Å². The SMILES string of the molecule is Cc1oc(-c2ccccc2)nc1-c1c(-c2ccccc2)ncn1[C@@H]1CCNC1. The molecule has 0 unspecified atom stereocenters. The molecule has 5 nitrogen and oxygen atoms in total. The Morgan fingerprint density at radius 3 is 2.36 bits per heavy atom. The van der Waals surface area contributed by atoms with Crippen LogP contribution in [-0.2, 0) is 0 Å². The number of hydrogen-bond donors (Lipinski definition) is 1. The number of nitrogens with one attached hydrogen (secondary N) is 1. The van der Waals surface area contributed by atoms with E-state index in [2.05, 4.69) is 22.0 Å². The fraction of sp³-hybridized carbons (Fsp3) is 0.217. The predicted molar refractivity (Wildman–Crippen MR) is 110 cm³/mol. The maximum atomic E-state index is 6.07. The van der Waals surface area contributed by atoms with Gasteiger partial charge >= 0.3 is 0 Å². The molecule has 140 valence electrons. The van der Waals surface area contributed by atoms with Gasteiger partial charge in [-0.3, -0.25) is 0 Å². The summed E-state index contributed by atoms with van der Waals surface area (Å²) in [5.41, 5.74) is 4.91. The first-order valence-electron chi connectivity index (χ1n) is 9.67. The first kappa shape index (κ1) is 17.0. The number of aromatic nitrogens is 3. The number of hydrogen-bond acceptors (Lipinski definition) is 4. The molecule has 3 heterocycles. The molecule has 1 fully saturated rings. The van der Waals surface area contributed by atoms with Crippen LogP contribution in [-0.4, -0.2) is 27.6 Å². The van der Waals surface area contributed by atoms with Gasteiger partial charge in [0.2, 0.25) is 5.89 Å². The van der Waals surface area contributed by atoms with E-state index in [-0.39, 0.29) is 0 Å². The minimum atomic E-state index is 0.372. The molecule has 2 aromatic carbocycles. The summed E-state index contributed by atoms with van der Waals surface area (Å²) in [6.07, 6.45) is 3.03. The van der Waals surface area contributed by atoms with Gasteiger partial charge in [0.15, 0.2) is 0 Å². The van der Waals surface area contributed by atoms with Gasteiger partial charge in [0.1, 0.15) is 11.5 Å². The van der Waals surface area contributed by atoms with Gasteiger partial charge in [-0.05, 0) is 32.0 Å². The van der Waals surface area contributed by atoms with Gasteiger partial charge in [-0.2, -0.15) is 0 Å². The second kappa shape index (κ2) is 7.09. The zero-order valence-corrected chi connectivity index (χ0v) is 15.8. The van der Waals surface area contributed by atoms with Crippen LogP contribution >= 0.6 is 0 Å². The smallest absolute Gasteiger partial charge is 0.226 e. The zero-order chi connectivity index (χ0) is 18.9. The number of oxazole rings is 1. The summed E-state index contributed by atoms with van der Waals surface area (Å²) in [6, 6.07) is 20.7. The minimum Gasteiger partial charge on any atom is -0.441 e. The minimum absolute atomic E-state index is 0.372. The van der Waals surface area contributed by atoms with E-state index in [1.807, 2.05) is 61.8 Å². The van der Waals surface area contributed by atoms with E-state index in [1.54, 1.807) is 0 Å². The molecule has 5 heteroatoms. The average molecular weight is 370 g/mol. The lowest BCUT2D eigenvalue weighted by atomic mass is 10.1. The van der Waals surface area contributed by atoms with E-state index in [9.17, 15) is 0 Å². The van der Waals surface area contributed by atoms with E-state index in [1.165, 1.54) is 0 Å². The zero-order valence-electron chi connectivity index (χ0n) is 15.8. The molecular formula is C23H22N4O. The van der Waals surface area contributed by atoms with Crippen LogP contribution < -0.4 is 5.32 Å². The molecule has 0 spiro atoms. The second-order valence-corrected chi connectivity index (χ2v) is 7.15. The first-order chi connectivity index (χ1) is 13.8. The standard InChI is InChI=1S/C23H22N4O/c1-16-20(26-23(28-16)18-10-6-3-7-11-18)22-21(17-8-4-2-5-9-17)25-15-27(22)19-12-13-24-14-19/h2-11,15,19,24H,12-14H2,1H3/t19-/m1/s1. The van der Waals surface area contributed by atoms with Crippen molar-refractivity contribution < 1.29 is 4.42 Å². The van der Waals surface area contributed by atoms with Gasteiger partial charge in [0.25, 0.3) is 0 Å². The third-order valence-electron chi connectivity index (χ3n) is 5.31. The molecule has 0 bridgehead atoms. The highest BCUT2D eigenvalue weighted by Gasteiger charge is 2.26. The maximum Gasteiger partial charge on any atom is 0.226 e. The molecule has 2 aromatic heterocycles. The monoisotopic (exact) mass is 370 g/mol. The molecule has 1 saturated heterocycles. The Kier molecular flexibility index (Phi) is 4.29. The fourth-order valence-corrected chi connectivity index (χ4v) is 3.88. The molecule has 28 heavy (non-hydrogen) atoms. The summed E-state index contributed by atoms with van der Waals surface area (Å²) < 4.78 is 8.33. The normalized spacial score (nSPS) is 16.5. The van der Waals surface area contributed by atoms with Crippen molar-refractivity contribution in [2.45, 2.75) is 19.4 Å². The summed E-state index contributed by atoms with van der Waals surface area (Å²) in [4.78, 5) is 9.68. The van der Waals surface area contributed by atoms with Crippen LogP contribution in [0.4, 0.5) is 0 Å². The Morgan fingerprint density at radius 1 is 0.964 bits per heavy atom. The third kappa shape index (κ3) is 2.94. The van der Waals surface area contributed by atoms with Crippen molar-refractivity contribution in [2.75, 3.05) is 13.1 Å². The van der Waals surface area contributed by atoms with Crippen LogP contribution in [0, 0.1) is 6.92 Å². The molecule has 5 rings (SSSR count). The van der Waals surface area contributed by atoms with Crippen molar-refractivity contribution in [1.82, 2.24) is 19.9 Å². The Morgan fingerprint density at radius 2 is 1.68 bits per heavy atom. The van der Waals surface area contributed by atoms with E-state index in [0.717, 1.165) is 53.5 Å². The van der Waals surface area contributed by atoms with Gasteiger partial charge in [-0.1, -0.05) is 48.5 Å². The van der Waals surface area contributed by atoms with Gasteiger partial charge in [-0.15, -0.1) is 0 Å². The Labute approximate surface area is 164 Å². The molecule has 0 saturated carbocycles. The summed E-state index contributed by atoms with van der Waals surface area (Å²) in [5, 5.41) is 3.45. The maximum absolute atomic E-state index is 6.07. The number of rotatable bonds is 4. The van der Waals surface area contributed by atoms with E-state index >= 15 is 0 Å². The highest BCUT2D eigenvalue weighted by Crippen LogP contribution is 2.37. The lowest BCUT2D eigenvalue weighted by Gasteiger charge is -2.14. The van der Waals surface area contributed by atoms with Crippen LogP contribution in [0.3, 0.4) is 0 Å². The highest BCUT2D eigenvalue weighted by molar-refractivity contribution is 5.78. The molecule has 4 aromatic rings. The molecule has 1 aliphatic heterocycles. The molecular weight excluding hydrogens is 348 g/mol. The van der Waals surface area contributed by atoms with Gasteiger partial charge in [-0.25, -0.2) is 9.97 Å². The third-order valence-corrected chi connectivity index (χ3v) is 5.31. The van der Waals surface area contributed by atoms with Crippen LogP contribution in [0.1, 0.15) is 18.2 Å². The summed E-state index contributed by atoms with van der Waals surface area (Å²) in [7, 11) is 0. The Bertz CT molecular complexity index is 1080. The number of benzene rings is 2. The van der Waals surface area contributed by atoms with Crippen molar-refractivity contribution in [3.63, 3.8) is 0 Å². The van der Waals surface area contributed by atoms with E-state index in [4.69, 9.17) is 14.4 Å². The number of imidazole rings is 1. The molecule has 0 radical (unpaired) electrons. The van der Waals surface area contributed by atoms with Crippen LogP contribution in [0.25, 0.3) is 34.1 Å². The number of aryl methyl sites for hydroxylation is 1. The van der Waals surface area contributed by atoms with Crippen molar-refractivity contribution in [3.05, 3.63) is 72.8 Å². The summed E-state index contributed by atoms with van der Waals surface area (Å²) >= 11 is 0. The Hall–Kier alpha value is -3.18. The lowest BCUT2D eigenvalue weighted by molar-refractivity contribution is 0.539. The first-order valence-corrected chi connectivity index (χ1v) is 9.67. The quantitative estimate of drug-likeness (QED) is 0.565. The molecule has 0 amide bonds. The molecule has 0 aliphatic carbocycles. The average Bonchev–Trinajstić information content (AvgIpc) is 3.48. The van der Waals surface area contributed by atoms with Crippen molar-refractivity contribution >= 4 is 0 Å². The van der Waals surface area contributed by atoms with E-state index in [0.29, 0.717) is 11.9 Å². The van der Waals surface area contributed by atoms with Crippen molar-refractivity contribution in [1.29, 1.82) is 0 Å². The lowest BCUT2D eigenvalue weighted by Crippen LogP contribution is -2.13. The highest BCUT2D eigenvalue weighted by atomic mass is 16.4. The van der Waals surface area contributed by atoms with Crippen LogP contribution in [0.5, 0.6) is 0 Å². The largest absolute Gasteiger partial charge is 0.441 e. The number of nitrogens with zero attached hydrogens (tertiary/aromatic N) is 3. The topological polar surface area (TPSA) is 55.9 Å². The van der Waals surface area contributed by atoms with Crippen LogP contribution in [0.2, 0.25) is 0 Å². The summed E-state index contributed by atoms with van der Waals surface area (Å²) in [5.74, 6) is 1.45. The van der Waals surface area contributed by atoms with Crippen molar-refractivity contribution in [2.24, 2.45) is 0 Å². The predicted octanol–water partition coefficient (Wildman–Crippen LogP) is 4.71. The van der Waals surface area contributed by atoms with E-state index < -0.39 is 0 Å². The fourth-order valence-electron chi connectivity index (χ4n) is 3.88. The van der Waals surface area contributed by atoms with Crippen molar-refractivity contribution in [3.8, 4) is 34.1 Å². The molecule has 1 aliphatic rings. The Balaban J connectivity index is 1.68. The van der Waals surface area contributed by atoms with Gasteiger partial charge < -0.3 is 14.3 Å².